The van der Waals surface area contributed by atoms with Crippen LogP contribution in [0.4, 0.5) is 0 Å². The average Bonchev–Trinajstić information content (AvgIpc) is 2.60. The first-order valence-electron chi connectivity index (χ1n) is 7.92. The van der Waals surface area contributed by atoms with E-state index in [1.807, 2.05) is 55.5 Å². The number of rotatable bonds is 6. The summed E-state index contributed by atoms with van der Waals surface area (Å²) in [4.78, 5) is 23.8. The zero-order chi connectivity index (χ0) is 17.4. The topological polar surface area (TPSA) is 58.2 Å². The van der Waals surface area contributed by atoms with Gasteiger partial charge in [0.2, 0.25) is 0 Å². The number of carbonyl (C=O) groups is 2. The fraction of sp³-hybridized carbons (Fsp3) is 0.263. The maximum absolute atomic E-state index is 11.9. The molecule has 126 valence electrons. The Bertz CT molecular complexity index is 689. The molecule has 2 aromatic rings. The molecule has 0 heterocycles. The zero-order valence-corrected chi connectivity index (χ0v) is 14.3. The minimum absolute atomic E-state index is 0.0798. The van der Waals surface area contributed by atoms with Gasteiger partial charge in [-0.3, -0.25) is 9.59 Å². The molecule has 0 spiro atoms. The van der Waals surface area contributed by atoms with Crippen LogP contribution in [0.1, 0.15) is 24.5 Å². The van der Waals surface area contributed by atoms with E-state index in [0.29, 0.717) is 5.02 Å². The number of hydrogen-bond donors (Lipinski definition) is 2. The standard InChI is InChI=1S/C19H21ClN2O2/c1-14(11-12-15-7-3-2-4-8-15)22-19(24)18(23)21-13-16-9-5-6-10-17(16)20/h2-10,14H,11-13H2,1H3,(H,21,23)(H,22,24)/t14-/m1/s1. The summed E-state index contributed by atoms with van der Waals surface area (Å²) in [6.45, 7) is 2.12. The molecule has 0 aliphatic carbocycles. The minimum atomic E-state index is -0.651. The van der Waals surface area contributed by atoms with Gasteiger partial charge in [-0.15, -0.1) is 0 Å². The van der Waals surface area contributed by atoms with Crippen LogP contribution in [-0.4, -0.2) is 17.9 Å². The van der Waals surface area contributed by atoms with Gasteiger partial charge in [-0.25, -0.2) is 0 Å². The van der Waals surface area contributed by atoms with E-state index in [9.17, 15) is 9.59 Å². The molecule has 2 amide bonds. The summed E-state index contributed by atoms with van der Waals surface area (Å²) in [6, 6.07) is 17.2. The molecule has 0 aliphatic rings. The maximum atomic E-state index is 11.9. The Morgan fingerprint density at radius 2 is 1.67 bits per heavy atom. The Kier molecular flexibility index (Phi) is 6.82. The molecular formula is C19H21ClN2O2. The van der Waals surface area contributed by atoms with Crippen LogP contribution in [0, 0.1) is 0 Å². The van der Waals surface area contributed by atoms with Crippen LogP contribution < -0.4 is 10.6 Å². The van der Waals surface area contributed by atoms with Crippen molar-refractivity contribution >= 4 is 23.4 Å². The second-order valence-corrected chi connectivity index (χ2v) is 6.08. The molecule has 0 aromatic heterocycles. The molecule has 2 rings (SSSR count). The summed E-state index contributed by atoms with van der Waals surface area (Å²) in [6.07, 6.45) is 1.62. The van der Waals surface area contributed by atoms with Crippen molar-refractivity contribution in [3.63, 3.8) is 0 Å². The van der Waals surface area contributed by atoms with Gasteiger partial charge >= 0.3 is 11.8 Å². The summed E-state index contributed by atoms with van der Waals surface area (Å²) < 4.78 is 0. The highest BCUT2D eigenvalue weighted by molar-refractivity contribution is 6.35. The molecule has 2 aromatic carbocycles. The fourth-order valence-corrected chi connectivity index (χ4v) is 2.49. The molecule has 0 saturated carbocycles. The quantitative estimate of drug-likeness (QED) is 0.791. The summed E-state index contributed by atoms with van der Waals surface area (Å²) in [7, 11) is 0. The lowest BCUT2D eigenvalue weighted by Gasteiger charge is -2.14. The maximum Gasteiger partial charge on any atom is 0.309 e. The van der Waals surface area contributed by atoms with Gasteiger partial charge < -0.3 is 10.6 Å². The normalized spacial score (nSPS) is 11.6. The first kappa shape index (κ1) is 18.0. The van der Waals surface area contributed by atoms with E-state index in [1.165, 1.54) is 5.56 Å². The average molecular weight is 345 g/mol. The molecule has 0 fully saturated rings. The third kappa shape index (κ3) is 5.70. The smallest absolute Gasteiger partial charge is 0.309 e. The molecule has 2 N–H and O–H groups in total. The van der Waals surface area contributed by atoms with Gasteiger partial charge in [0, 0.05) is 17.6 Å². The van der Waals surface area contributed by atoms with Crippen LogP contribution in [0.3, 0.4) is 0 Å². The van der Waals surface area contributed by atoms with Crippen molar-refractivity contribution < 1.29 is 9.59 Å². The molecule has 0 radical (unpaired) electrons. The van der Waals surface area contributed by atoms with Gasteiger partial charge in [0.15, 0.2) is 0 Å². The predicted octanol–water partition coefficient (Wildman–Crippen LogP) is 3.09. The molecule has 0 bridgehead atoms. The summed E-state index contributed by atoms with van der Waals surface area (Å²) in [5.74, 6) is -1.27. The number of nitrogens with one attached hydrogen (secondary N) is 2. The first-order chi connectivity index (χ1) is 11.6. The van der Waals surface area contributed by atoms with Crippen molar-refractivity contribution in [2.24, 2.45) is 0 Å². The van der Waals surface area contributed by atoms with Crippen molar-refractivity contribution in [1.82, 2.24) is 10.6 Å². The Labute approximate surface area is 147 Å². The predicted molar refractivity (Wildman–Crippen MR) is 95.7 cm³/mol. The van der Waals surface area contributed by atoms with Crippen molar-refractivity contribution in [3.05, 3.63) is 70.7 Å². The molecule has 5 heteroatoms. The summed E-state index contributed by atoms with van der Waals surface area (Å²) >= 11 is 6.02. The zero-order valence-electron chi connectivity index (χ0n) is 13.6. The van der Waals surface area contributed by atoms with E-state index in [0.717, 1.165) is 18.4 Å². The molecule has 0 aliphatic heterocycles. The number of amides is 2. The Morgan fingerprint density at radius 3 is 2.38 bits per heavy atom. The van der Waals surface area contributed by atoms with E-state index in [1.54, 1.807) is 6.07 Å². The van der Waals surface area contributed by atoms with Crippen LogP contribution >= 0.6 is 11.6 Å². The highest BCUT2D eigenvalue weighted by Gasteiger charge is 2.16. The van der Waals surface area contributed by atoms with Crippen LogP contribution in [0.5, 0.6) is 0 Å². The lowest BCUT2D eigenvalue weighted by molar-refractivity contribution is -0.139. The van der Waals surface area contributed by atoms with Crippen LogP contribution in [0.2, 0.25) is 5.02 Å². The number of aryl methyl sites for hydroxylation is 1. The summed E-state index contributed by atoms with van der Waals surface area (Å²) in [5.41, 5.74) is 1.99. The van der Waals surface area contributed by atoms with Crippen molar-refractivity contribution in [1.29, 1.82) is 0 Å². The molecule has 24 heavy (non-hydrogen) atoms. The van der Waals surface area contributed by atoms with E-state index >= 15 is 0 Å². The Hall–Kier alpha value is -2.33. The van der Waals surface area contributed by atoms with Crippen molar-refractivity contribution in [2.75, 3.05) is 0 Å². The second kappa shape index (κ2) is 9.08. The SMILES string of the molecule is C[C@H](CCc1ccccc1)NC(=O)C(=O)NCc1ccccc1Cl. The largest absolute Gasteiger partial charge is 0.345 e. The first-order valence-corrected chi connectivity index (χ1v) is 8.30. The van der Waals surface area contributed by atoms with Crippen molar-refractivity contribution in [3.8, 4) is 0 Å². The second-order valence-electron chi connectivity index (χ2n) is 5.67. The Balaban J connectivity index is 1.74. The van der Waals surface area contributed by atoms with Gasteiger partial charge in [0.1, 0.15) is 0 Å². The molecule has 1 atom stereocenters. The minimum Gasteiger partial charge on any atom is -0.345 e. The number of halogens is 1. The highest BCUT2D eigenvalue weighted by atomic mass is 35.5. The van der Waals surface area contributed by atoms with E-state index < -0.39 is 11.8 Å². The van der Waals surface area contributed by atoms with E-state index in [-0.39, 0.29) is 12.6 Å². The number of carbonyl (C=O) groups excluding carboxylic acids is 2. The van der Waals surface area contributed by atoms with Gasteiger partial charge in [-0.1, -0.05) is 60.1 Å². The number of hydrogen-bond acceptors (Lipinski definition) is 2. The van der Waals surface area contributed by atoms with Crippen LogP contribution in [-0.2, 0) is 22.6 Å². The third-order valence-corrected chi connectivity index (χ3v) is 4.06. The monoisotopic (exact) mass is 344 g/mol. The molecular weight excluding hydrogens is 324 g/mol. The third-order valence-electron chi connectivity index (χ3n) is 3.69. The summed E-state index contributed by atoms with van der Waals surface area (Å²) in [5, 5.41) is 5.86. The van der Waals surface area contributed by atoms with E-state index in [2.05, 4.69) is 10.6 Å². The van der Waals surface area contributed by atoms with Gasteiger partial charge in [0.25, 0.3) is 0 Å². The van der Waals surface area contributed by atoms with Crippen molar-refractivity contribution in [2.45, 2.75) is 32.4 Å². The molecule has 4 nitrogen and oxygen atoms in total. The Morgan fingerprint density at radius 1 is 1.00 bits per heavy atom. The van der Waals surface area contributed by atoms with Crippen LogP contribution in [0.25, 0.3) is 0 Å². The molecule has 0 saturated heterocycles. The van der Waals surface area contributed by atoms with Gasteiger partial charge in [-0.05, 0) is 37.0 Å². The van der Waals surface area contributed by atoms with E-state index in [4.69, 9.17) is 11.6 Å². The van der Waals surface area contributed by atoms with Gasteiger partial charge in [0.05, 0.1) is 0 Å². The number of benzene rings is 2. The van der Waals surface area contributed by atoms with Crippen LogP contribution in [0.15, 0.2) is 54.6 Å². The van der Waals surface area contributed by atoms with Gasteiger partial charge in [-0.2, -0.15) is 0 Å². The molecule has 0 unspecified atom stereocenters. The lowest BCUT2D eigenvalue weighted by atomic mass is 10.1. The fourth-order valence-electron chi connectivity index (χ4n) is 2.29. The highest BCUT2D eigenvalue weighted by Crippen LogP contribution is 2.14. The lowest BCUT2D eigenvalue weighted by Crippen LogP contribution is -2.43.